The molecule has 0 saturated heterocycles. The number of esters is 1. The van der Waals surface area contributed by atoms with Crippen molar-refractivity contribution < 1.29 is 45.7 Å². The maximum atomic E-state index is 14.2. The smallest absolute Gasteiger partial charge is 0.411 e. The van der Waals surface area contributed by atoms with Crippen LogP contribution >= 0.6 is 0 Å². The standard InChI is InChI=1S/C29H20F6O4/c1-18-2-12-23(13-3-18)38-24-14-4-19(5-15-24)26(37)39-25-16-8-21(9-17-25)27(28(30,31)32,29(33,34)35)20-6-10-22(36)11-7-20/h2-17,36H,1H3. The minimum atomic E-state index is -5.79. The number of hydrogen-bond donors (Lipinski definition) is 1. The molecule has 4 nitrogen and oxygen atoms in total. The molecule has 0 aliphatic heterocycles. The number of hydrogen-bond acceptors (Lipinski definition) is 4. The van der Waals surface area contributed by atoms with E-state index in [1.807, 2.05) is 19.1 Å². The summed E-state index contributed by atoms with van der Waals surface area (Å²) in [5.41, 5.74) is -5.51. The van der Waals surface area contributed by atoms with Gasteiger partial charge >= 0.3 is 18.3 Å². The third kappa shape index (κ3) is 5.55. The largest absolute Gasteiger partial charge is 0.508 e. The van der Waals surface area contributed by atoms with Crippen molar-refractivity contribution in [2.24, 2.45) is 0 Å². The van der Waals surface area contributed by atoms with Crippen molar-refractivity contribution in [1.29, 1.82) is 0 Å². The van der Waals surface area contributed by atoms with E-state index in [0.29, 0.717) is 35.8 Å². The Labute approximate surface area is 219 Å². The Bertz CT molecular complexity index is 1410. The monoisotopic (exact) mass is 546 g/mol. The first-order chi connectivity index (χ1) is 18.3. The highest BCUT2D eigenvalue weighted by Crippen LogP contribution is 2.56. The molecule has 0 aliphatic carbocycles. The lowest BCUT2D eigenvalue weighted by atomic mass is 9.73. The molecule has 0 amide bonds. The van der Waals surface area contributed by atoms with Gasteiger partial charge in [0.1, 0.15) is 23.0 Å². The second kappa shape index (κ2) is 10.4. The maximum absolute atomic E-state index is 14.2. The highest BCUT2D eigenvalue weighted by molar-refractivity contribution is 5.91. The molecule has 0 saturated carbocycles. The zero-order valence-corrected chi connectivity index (χ0v) is 20.2. The number of halogens is 6. The molecule has 0 bridgehead atoms. The molecular weight excluding hydrogens is 526 g/mol. The predicted molar refractivity (Wildman–Crippen MR) is 130 cm³/mol. The van der Waals surface area contributed by atoms with Gasteiger partial charge in [-0.1, -0.05) is 42.0 Å². The average Bonchev–Trinajstić information content (AvgIpc) is 2.87. The first-order valence-electron chi connectivity index (χ1n) is 11.4. The highest BCUT2D eigenvalue weighted by Gasteiger charge is 2.72. The van der Waals surface area contributed by atoms with Crippen molar-refractivity contribution in [1.82, 2.24) is 0 Å². The molecule has 1 N–H and O–H groups in total. The number of rotatable bonds is 6. The van der Waals surface area contributed by atoms with Gasteiger partial charge in [-0.25, -0.2) is 4.79 Å². The van der Waals surface area contributed by atoms with Crippen LogP contribution in [0.5, 0.6) is 23.0 Å². The third-order valence-electron chi connectivity index (χ3n) is 6.00. The van der Waals surface area contributed by atoms with Gasteiger partial charge < -0.3 is 14.6 Å². The molecule has 4 aromatic rings. The van der Waals surface area contributed by atoms with Gasteiger partial charge in [-0.3, -0.25) is 0 Å². The molecule has 39 heavy (non-hydrogen) atoms. The minimum Gasteiger partial charge on any atom is -0.508 e. The summed E-state index contributed by atoms with van der Waals surface area (Å²) in [6.07, 6.45) is -11.6. The summed E-state index contributed by atoms with van der Waals surface area (Å²) in [5, 5.41) is 9.39. The number of benzene rings is 4. The third-order valence-corrected chi connectivity index (χ3v) is 6.00. The molecule has 0 radical (unpaired) electrons. The van der Waals surface area contributed by atoms with Crippen molar-refractivity contribution >= 4 is 5.97 Å². The summed E-state index contributed by atoms with van der Waals surface area (Å²) < 4.78 is 95.9. The Hall–Kier alpha value is -4.47. The number of aryl methyl sites for hydroxylation is 1. The molecule has 4 aromatic carbocycles. The van der Waals surface area contributed by atoms with Crippen LogP contribution in [-0.4, -0.2) is 23.4 Å². The van der Waals surface area contributed by atoms with Crippen LogP contribution in [0, 0.1) is 6.92 Å². The number of alkyl halides is 6. The number of carbonyl (C=O) groups is 1. The van der Waals surface area contributed by atoms with E-state index in [2.05, 4.69) is 0 Å². The maximum Gasteiger partial charge on any atom is 0.411 e. The van der Waals surface area contributed by atoms with Gasteiger partial charge in [0.15, 0.2) is 0 Å². The van der Waals surface area contributed by atoms with Crippen LogP contribution in [0.25, 0.3) is 0 Å². The fourth-order valence-electron chi connectivity index (χ4n) is 4.03. The summed E-state index contributed by atoms with van der Waals surface area (Å²) in [6.45, 7) is 1.93. The van der Waals surface area contributed by atoms with Crippen molar-refractivity contribution in [2.75, 3.05) is 0 Å². The Kier molecular flexibility index (Phi) is 7.32. The quantitative estimate of drug-likeness (QED) is 0.151. The SMILES string of the molecule is Cc1ccc(Oc2ccc(C(=O)Oc3ccc(C(c4ccc(O)cc4)(C(F)(F)F)C(F)(F)F)cc3)cc2)cc1. The van der Waals surface area contributed by atoms with E-state index in [4.69, 9.17) is 9.47 Å². The average molecular weight is 546 g/mol. The molecule has 0 atom stereocenters. The summed E-state index contributed by atoms with van der Waals surface area (Å²) >= 11 is 0. The molecule has 0 spiro atoms. The lowest BCUT2D eigenvalue weighted by molar-refractivity contribution is -0.288. The van der Waals surface area contributed by atoms with E-state index in [-0.39, 0.29) is 11.3 Å². The highest BCUT2D eigenvalue weighted by atomic mass is 19.4. The number of ether oxygens (including phenoxy) is 2. The second-order valence-electron chi connectivity index (χ2n) is 8.65. The molecule has 0 fully saturated rings. The van der Waals surface area contributed by atoms with Crippen LogP contribution in [0.4, 0.5) is 26.3 Å². The van der Waals surface area contributed by atoms with Gasteiger partial charge in [0.05, 0.1) is 5.56 Å². The molecule has 202 valence electrons. The van der Waals surface area contributed by atoms with E-state index in [9.17, 15) is 36.2 Å². The lowest BCUT2D eigenvalue weighted by Gasteiger charge is -2.38. The molecule has 0 aliphatic rings. The van der Waals surface area contributed by atoms with Crippen LogP contribution < -0.4 is 9.47 Å². The fraction of sp³-hybridized carbons (Fsp3) is 0.138. The minimum absolute atomic E-state index is 0.0827. The van der Waals surface area contributed by atoms with Crippen LogP contribution in [0.3, 0.4) is 0 Å². The first kappa shape index (κ1) is 27.6. The van der Waals surface area contributed by atoms with Gasteiger partial charge in [-0.15, -0.1) is 0 Å². The van der Waals surface area contributed by atoms with Crippen molar-refractivity contribution in [2.45, 2.75) is 24.7 Å². The number of aromatic hydroxyl groups is 1. The van der Waals surface area contributed by atoms with Gasteiger partial charge in [0, 0.05) is 0 Å². The Morgan fingerprint density at radius 2 is 1.03 bits per heavy atom. The summed E-state index contributed by atoms with van der Waals surface area (Å²) in [4.78, 5) is 12.5. The normalized spacial score (nSPS) is 12.2. The second-order valence-corrected chi connectivity index (χ2v) is 8.65. The van der Waals surface area contributed by atoms with Gasteiger partial charge in [-0.2, -0.15) is 26.3 Å². The molecule has 0 aromatic heterocycles. The molecule has 0 unspecified atom stereocenters. The fourth-order valence-corrected chi connectivity index (χ4v) is 4.03. The van der Waals surface area contributed by atoms with Crippen LogP contribution in [0.2, 0.25) is 0 Å². The zero-order valence-electron chi connectivity index (χ0n) is 20.2. The van der Waals surface area contributed by atoms with E-state index in [1.165, 1.54) is 24.3 Å². The Morgan fingerprint density at radius 1 is 0.615 bits per heavy atom. The first-order valence-corrected chi connectivity index (χ1v) is 11.4. The van der Waals surface area contributed by atoms with E-state index in [0.717, 1.165) is 29.8 Å². The topological polar surface area (TPSA) is 55.8 Å². The predicted octanol–water partition coefficient (Wildman–Crippen LogP) is 8.12. The number of phenols is 1. The van der Waals surface area contributed by atoms with Crippen LogP contribution in [0.1, 0.15) is 27.0 Å². The van der Waals surface area contributed by atoms with Gasteiger partial charge in [-0.05, 0) is 78.7 Å². The summed E-state index contributed by atoms with van der Waals surface area (Å²) in [6, 6.07) is 18.7. The Balaban J connectivity index is 1.57. The lowest BCUT2D eigenvalue weighted by Crippen LogP contribution is -2.54. The number of carbonyl (C=O) groups excluding carboxylic acids is 1. The van der Waals surface area contributed by atoms with Crippen LogP contribution in [0.15, 0.2) is 97.1 Å². The van der Waals surface area contributed by atoms with Crippen LogP contribution in [-0.2, 0) is 5.41 Å². The van der Waals surface area contributed by atoms with E-state index >= 15 is 0 Å². The van der Waals surface area contributed by atoms with Crippen molar-refractivity contribution in [3.63, 3.8) is 0 Å². The Morgan fingerprint density at radius 3 is 1.49 bits per heavy atom. The van der Waals surface area contributed by atoms with E-state index in [1.54, 1.807) is 12.1 Å². The van der Waals surface area contributed by atoms with Gasteiger partial charge in [0.25, 0.3) is 0 Å². The van der Waals surface area contributed by atoms with Gasteiger partial charge in [0.2, 0.25) is 5.41 Å². The van der Waals surface area contributed by atoms with E-state index < -0.39 is 40.6 Å². The van der Waals surface area contributed by atoms with Crippen molar-refractivity contribution in [3.05, 3.63) is 119 Å². The molecule has 10 heteroatoms. The molecular formula is C29H20F6O4. The zero-order chi connectivity index (χ0) is 28.4. The number of phenolic OH excluding ortho intramolecular Hbond substituents is 1. The summed E-state index contributed by atoms with van der Waals surface area (Å²) in [7, 11) is 0. The summed E-state index contributed by atoms with van der Waals surface area (Å²) in [5.74, 6) is -0.607. The van der Waals surface area contributed by atoms with Crippen molar-refractivity contribution in [3.8, 4) is 23.0 Å². The molecule has 0 heterocycles. The molecule has 4 rings (SSSR count).